The van der Waals surface area contributed by atoms with Gasteiger partial charge in [-0.15, -0.1) is 0 Å². The van der Waals surface area contributed by atoms with Gasteiger partial charge in [0, 0.05) is 29.6 Å². The molecule has 1 aromatic heterocycles. The van der Waals surface area contributed by atoms with Crippen LogP contribution in [0.15, 0.2) is 60.7 Å². The Balaban J connectivity index is 1.35. The molecule has 4 rings (SSSR count). The molecule has 0 bridgehead atoms. The fraction of sp³-hybridized carbons (Fsp3) is 0.286. The first-order chi connectivity index (χ1) is 16.9. The zero-order chi connectivity index (χ0) is 24.8. The van der Waals surface area contributed by atoms with Gasteiger partial charge in [0.25, 0.3) is 0 Å². The SMILES string of the molecule is Cc1cc(OCCCn2c(CCNC(=O)Cc3ccccc3Cl)nc3ccccc32)cc(C)c1Cl. The normalized spacial score (nSPS) is 11.1. The number of amides is 1. The number of carbonyl (C=O) groups excluding carboxylic acids is 1. The molecule has 0 aliphatic rings. The van der Waals surface area contributed by atoms with E-state index in [0.717, 1.165) is 57.3 Å². The number of rotatable bonds is 10. The van der Waals surface area contributed by atoms with Crippen LogP contribution in [0.25, 0.3) is 11.0 Å². The van der Waals surface area contributed by atoms with E-state index in [9.17, 15) is 4.79 Å². The highest BCUT2D eigenvalue weighted by Crippen LogP contribution is 2.26. The Kier molecular flexibility index (Phi) is 8.32. The van der Waals surface area contributed by atoms with Crippen molar-refractivity contribution in [2.24, 2.45) is 0 Å². The number of para-hydroxylation sites is 2. The summed E-state index contributed by atoms with van der Waals surface area (Å²) in [5.74, 6) is 1.73. The lowest BCUT2D eigenvalue weighted by Crippen LogP contribution is -2.28. The molecule has 0 saturated carbocycles. The first kappa shape index (κ1) is 25.1. The third kappa shape index (κ3) is 6.36. The Morgan fingerprint density at radius 2 is 1.74 bits per heavy atom. The topological polar surface area (TPSA) is 56.1 Å². The lowest BCUT2D eigenvalue weighted by Gasteiger charge is -2.12. The van der Waals surface area contributed by atoms with Crippen LogP contribution in [0.1, 0.15) is 28.9 Å². The van der Waals surface area contributed by atoms with E-state index >= 15 is 0 Å². The van der Waals surface area contributed by atoms with E-state index in [1.54, 1.807) is 6.07 Å². The van der Waals surface area contributed by atoms with Gasteiger partial charge in [-0.05, 0) is 67.3 Å². The van der Waals surface area contributed by atoms with Crippen LogP contribution < -0.4 is 10.1 Å². The number of halogens is 2. The van der Waals surface area contributed by atoms with E-state index in [0.29, 0.717) is 24.6 Å². The molecular weight excluding hydrogens is 481 g/mol. The highest BCUT2D eigenvalue weighted by Gasteiger charge is 2.12. The third-order valence-corrected chi connectivity index (χ3v) is 6.88. The van der Waals surface area contributed by atoms with Gasteiger partial charge >= 0.3 is 0 Å². The van der Waals surface area contributed by atoms with E-state index in [1.165, 1.54) is 0 Å². The van der Waals surface area contributed by atoms with Crippen molar-refractivity contribution < 1.29 is 9.53 Å². The summed E-state index contributed by atoms with van der Waals surface area (Å²) in [6, 6.07) is 19.5. The summed E-state index contributed by atoms with van der Waals surface area (Å²) in [5.41, 5.74) is 4.89. The number of ether oxygens (including phenoxy) is 1. The molecule has 0 aliphatic heterocycles. The molecule has 1 N–H and O–H groups in total. The number of aryl methyl sites for hydroxylation is 3. The van der Waals surface area contributed by atoms with E-state index < -0.39 is 0 Å². The molecule has 1 amide bonds. The van der Waals surface area contributed by atoms with Gasteiger partial charge in [-0.3, -0.25) is 4.79 Å². The smallest absolute Gasteiger partial charge is 0.224 e. The number of nitrogens with zero attached hydrogens (tertiary/aromatic N) is 2. The number of benzene rings is 3. The molecule has 182 valence electrons. The molecule has 1 heterocycles. The number of fused-ring (bicyclic) bond motifs is 1. The Bertz CT molecular complexity index is 1310. The number of nitrogens with one attached hydrogen (secondary N) is 1. The number of carbonyl (C=O) groups is 1. The largest absolute Gasteiger partial charge is 0.494 e. The maximum atomic E-state index is 12.4. The monoisotopic (exact) mass is 509 g/mol. The summed E-state index contributed by atoms with van der Waals surface area (Å²) in [6.45, 7) is 5.83. The average molecular weight is 510 g/mol. The van der Waals surface area contributed by atoms with Crippen LogP contribution in [0.4, 0.5) is 0 Å². The van der Waals surface area contributed by atoms with Crippen LogP contribution in [0.5, 0.6) is 5.75 Å². The second-order valence-corrected chi connectivity index (χ2v) is 9.39. The predicted octanol–water partition coefficient (Wildman–Crippen LogP) is 6.33. The number of hydrogen-bond donors (Lipinski definition) is 1. The van der Waals surface area contributed by atoms with Gasteiger partial charge in [-0.1, -0.05) is 53.5 Å². The molecule has 3 aromatic carbocycles. The van der Waals surface area contributed by atoms with E-state index in [1.807, 2.05) is 62.4 Å². The van der Waals surface area contributed by atoms with Crippen LogP contribution in [0.2, 0.25) is 10.0 Å². The molecule has 35 heavy (non-hydrogen) atoms. The molecule has 0 aliphatic carbocycles. The van der Waals surface area contributed by atoms with Gasteiger partial charge in [-0.2, -0.15) is 0 Å². The maximum Gasteiger partial charge on any atom is 0.224 e. The molecule has 5 nitrogen and oxygen atoms in total. The summed E-state index contributed by atoms with van der Waals surface area (Å²) < 4.78 is 8.21. The van der Waals surface area contributed by atoms with Crippen molar-refractivity contribution >= 4 is 40.1 Å². The minimum Gasteiger partial charge on any atom is -0.494 e. The summed E-state index contributed by atoms with van der Waals surface area (Å²) in [6.07, 6.45) is 1.73. The zero-order valence-corrected chi connectivity index (χ0v) is 21.5. The van der Waals surface area contributed by atoms with Gasteiger partial charge in [-0.25, -0.2) is 4.98 Å². The third-order valence-electron chi connectivity index (χ3n) is 5.92. The van der Waals surface area contributed by atoms with Crippen LogP contribution in [-0.2, 0) is 24.2 Å². The summed E-state index contributed by atoms with van der Waals surface area (Å²) in [5, 5.41) is 4.39. The molecule has 0 radical (unpaired) electrons. The Labute approximate surface area is 216 Å². The number of aromatic nitrogens is 2. The van der Waals surface area contributed by atoms with Crippen molar-refractivity contribution in [2.75, 3.05) is 13.2 Å². The summed E-state index contributed by atoms with van der Waals surface area (Å²) in [4.78, 5) is 17.2. The van der Waals surface area contributed by atoms with Crippen molar-refractivity contribution in [1.82, 2.24) is 14.9 Å². The highest BCUT2D eigenvalue weighted by molar-refractivity contribution is 6.32. The van der Waals surface area contributed by atoms with Crippen molar-refractivity contribution in [3.05, 3.63) is 93.2 Å². The molecular formula is C28H29Cl2N3O2. The Morgan fingerprint density at radius 3 is 2.51 bits per heavy atom. The summed E-state index contributed by atoms with van der Waals surface area (Å²) >= 11 is 12.4. The van der Waals surface area contributed by atoms with Gasteiger partial charge in [0.1, 0.15) is 11.6 Å². The minimum absolute atomic E-state index is 0.0530. The van der Waals surface area contributed by atoms with Crippen LogP contribution >= 0.6 is 23.2 Å². The van der Waals surface area contributed by atoms with Gasteiger partial charge in [0.2, 0.25) is 5.91 Å². The van der Waals surface area contributed by atoms with Gasteiger partial charge < -0.3 is 14.6 Å². The van der Waals surface area contributed by atoms with Crippen molar-refractivity contribution in [3.8, 4) is 5.75 Å². The molecule has 0 atom stereocenters. The van der Waals surface area contributed by atoms with E-state index in [-0.39, 0.29) is 12.3 Å². The van der Waals surface area contributed by atoms with Crippen LogP contribution in [-0.4, -0.2) is 28.6 Å². The fourth-order valence-corrected chi connectivity index (χ4v) is 4.47. The van der Waals surface area contributed by atoms with Crippen molar-refractivity contribution in [1.29, 1.82) is 0 Å². The van der Waals surface area contributed by atoms with E-state index in [4.69, 9.17) is 32.9 Å². The lowest BCUT2D eigenvalue weighted by molar-refractivity contribution is -0.120. The molecule has 0 saturated heterocycles. The standard InChI is InChI=1S/C28H29Cl2N3O2/c1-19-16-22(17-20(2)28(19)30)35-15-7-14-33-25-11-6-5-10-24(25)32-26(33)12-13-31-27(34)18-21-8-3-4-9-23(21)29/h3-6,8-11,16-17H,7,12-15,18H2,1-2H3,(H,31,34). The van der Waals surface area contributed by atoms with E-state index in [2.05, 4.69) is 16.0 Å². The fourth-order valence-electron chi connectivity index (χ4n) is 4.16. The highest BCUT2D eigenvalue weighted by atomic mass is 35.5. The maximum absolute atomic E-state index is 12.4. The molecule has 0 spiro atoms. The predicted molar refractivity (Wildman–Crippen MR) is 143 cm³/mol. The average Bonchev–Trinajstić information content (AvgIpc) is 3.19. The molecule has 0 unspecified atom stereocenters. The second-order valence-electron chi connectivity index (χ2n) is 8.61. The second kappa shape index (κ2) is 11.6. The number of hydrogen-bond acceptors (Lipinski definition) is 3. The van der Waals surface area contributed by atoms with Crippen LogP contribution in [0, 0.1) is 13.8 Å². The van der Waals surface area contributed by atoms with Crippen molar-refractivity contribution in [3.63, 3.8) is 0 Å². The first-order valence-electron chi connectivity index (χ1n) is 11.8. The number of imidazole rings is 1. The molecule has 4 aromatic rings. The molecule has 0 fully saturated rings. The zero-order valence-electron chi connectivity index (χ0n) is 20.0. The Morgan fingerprint density at radius 1 is 1.03 bits per heavy atom. The minimum atomic E-state index is -0.0530. The van der Waals surface area contributed by atoms with Gasteiger partial charge in [0.15, 0.2) is 0 Å². The van der Waals surface area contributed by atoms with Crippen molar-refractivity contribution in [2.45, 2.75) is 39.7 Å². The molecule has 7 heteroatoms. The van der Waals surface area contributed by atoms with Crippen LogP contribution in [0.3, 0.4) is 0 Å². The Hall–Kier alpha value is -3.02. The quantitative estimate of drug-likeness (QED) is 0.254. The summed E-state index contributed by atoms with van der Waals surface area (Å²) in [7, 11) is 0. The lowest BCUT2D eigenvalue weighted by atomic mass is 10.1. The first-order valence-corrected chi connectivity index (χ1v) is 12.5. The van der Waals surface area contributed by atoms with Gasteiger partial charge in [0.05, 0.1) is 24.1 Å².